The minimum Gasteiger partial charge on any atom is -0.491 e. The largest absolute Gasteiger partial charge is 0.491 e. The van der Waals surface area contributed by atoms with E-state index in [1.165, 1.54) is 6.42 Å². The summed E-state index contributed by atoms with van der Waals surface area (Å²) in [6, 6.07) is 5.86. The summed E-state index contributed by atoms with van der Waals surface area (Å²) in [4.78, 5) is 2.41. The van der Waals surface area contributed by atoms with Crippen LogP contribution >= 0.6 is 39.9 Å². The molecule has 1 aromatic rings. The molecule has 0 radical (unpaired) electrons. The first-order valence-corrected chi connectivity index (χ1v) is 7.79. The van der Waals surface area contributed by atoms with E-state index in [4.69, 9.17) is 22.1 Å². The zero-order chi connectivity index (χ0) is 13.8. The zero-order valence-electron chi connectivity index (χ0n) is 11.5. The molecule has 114 valence electrons. The monoisotopic (exact) mass is 382 g/mol. The first-order chi connectivity index (χ1) is 9.06. The number of ether oxygens (including phenoxy) is 1. The highest BCUT2D eigenvalue weighted by atomic mass is 79.9. The molecule has 1 aromatic carbocycles. The highest BCUT2D eigenvalue weighted by molar-refractivity contribution is 9.10. The Hall–Kier alpha value is -0.0000000000000000555. The molecule has 20 heavy (non-hydrogen) atoms. The van der Waals surface area contributed by atoms with Gasteiger partial charge in [0, 0.05) is 24.2 Å². The lowest BCUT2D eigenvalue weighted by atomic mass is 10.0. The third kappa shape index (κ3) is 5.08. The van der Waals surface area contributed by atoms with Crippen LogP contribution in [0.3, 0.4) is 0 Å². The van der Waals surface area contributed by atoms with Crippen molar-refractivity contribution in [2.45, 2.75) is 19.4 Å². The maximum Gasteiger partial charge on any atom is 0.133 e. The van der Waals surface area contributed by atoms with E-state index < -0.39 is 0 Å². The lowest BCUT2D eigenvalue weighted by Gasteiger charge is -2.18. The third-order valence-corrected chi connectivity index (χ3v) is 4.47. The number of halogens is 3. The molecule has 0 spiro atoms. The Morgan fingerprint density at radius 3 is 2.90 bits per heavy atom. The Morgan fingerprint density at radius 1 is 1.55 bits per heavy atom. The number of likely N-dealkylation sites (tertiary alicyclic amines) is 1. The summed E-state index contributed by atoms with van der Waals surface area (Å²) in [5.74, 6) is 1.47. The lowest BCUT2D eigenvalue weighted by Crippen LogP contribution is -2.31. The summed E-state index contributed by atoms with van der Waals surface area (Å²) >= 11 is 9.34. The molecule has 0 aromatic heterocycles. The molecule has 2 N–H and O–H groups in total. The maximum absolute atomic E-state index is 5.94. The number of hydrogen-bond acceptors (Lipinski definition) is 3. The molecule has 0 amide bonds. The molecule has 1 fully saturated rings. The van der Waals surface area contributed by atoms with E-state index in [1.54, 1.807) is 0 Å². The first-order valence-electron chi connectivity index (χ1n) is 6.62. The van der Waals surface area contributed by atoms with Crippen LogP contribution in [-0.4, -0.2) is 37.2 Å². The van der Waals surface area contributed by atoms with E-state index in [1.807, 2.05) is 18.2 Å². The van der Waals surface area contributed by atoms with Gasteiger partial charge in [-0.05, 0) is 59.9 Å². The van der Waals surface area contributed by atoms with Crippen LogP contribution in [0.25, 0.3) is 0 Å². The highest BCUT2D eigenvalue weighted by Crippen LogP contribution is 2.28. The first kappa shape index (κ1) is 18.1. The Labute approximate surface area is 140 Å². The van der Waals surface area contributed by atoms with Gasteiger partial charge in [0.1, 0.15) is 12.4 Å². The van der Waals surface area contributed by atoms with Crippen molar-refractivity contribution in [3.8, 4) is 5.75 Å². The molecule has 2 rings (SSSR count). The molecule has 0 bridgehead atoms. The smallest absolute Gasteiger partial charge is 0.133 e. The van der Waals surface area contributed by atoms with E-state index in [-0.39, 0.29) is 18.4 Å². The van der Waals surface area contributed by atoms with Gasteiger partial charge in [0.15, 0.2) is 0 Å². The van der Waals surface area contributed by atoms with E-state index in [2.05, 4.69) is 27.8 Å². The molecule has 2 atom stereocenters. The van der Waals surface area contributed by atoms with Crippen LogP contribution in [0.15, 0.2) is 22.7 Å². The van der Waals surface area contributed by atoms with Gasteiger partial charge < -0.3 is 10.5 Å². The van der Waals surface area contributed by atoms with Crippen molar-refractivity contribution in [3.63, 3.8) is 0 Å². The number of hydrogen-bond donors (Lipinski definition) is 1. The van der Waals surface area contributed by atoms with Gasteiger partial charge in [0.05, 0.1) is 4.47 Å². The van der Waals surface area contributed by atoms with E-state index in [9.17, 15) is 0 Å². The zero-order valence-corrected chi connectivity index (χ0v) is 14.7. The van der Waals surface area contributed by atoms with Gasteiger partial charge >= 0.3 is 0 Å². The Balaban J connectivity index is 0.00000200. The van der Waals surface area contributed by atoms with Gasteiger partial charge in [-0.1, -0.05) is 11.6 Å². The fraction of sp³-hybridized carbons (Fsp3) is 0.571. The second-order valence-corrected chi connectivity index (χ2v) is 6.42. The number of nitrogens with two attached hydrogens (primary N) is 1. The minimum atomic E-state index is 0. The maximum atomic E-state index is 5.94. The molecular formula is C14H21BrCl2N2O. The van der Waals surface area contributed by atoms with Crippen molar-refractivity contribution >= 4 is 39.9 Å². The molecule has 0 saturated carbocycles. The Morgan fingerprint density at radius 2 is 2.30 bits per heavy atom. The molecule has 1 aliphatic heterocycles. The average Bonchev–Trinajstić information content (AvgIpc) is 2.81. The summed E-state index contributed by atoms with van der Waals surface area (Å²) in [6.07, 6.45) is 1.20. The quantitative estimate of drug-likeness (QED) is 0.844. The fourth-order valence-corrected chi connectivity index (χ4v) is 3.17. The molecule has 1 heterocycles. The second kappa shape index (κ2) is 8.44. The standard InChI is InChI=1S/C14H20BrClN2O.ClH/c1-10(17)11-4-5-18(9-11)6-7-19-14-3-2-12(16)8-13(14)15;/h2-3,8,10-11H,4-7,9,17H2,1H3;1H. The Bertz CT molecular complexity index is 432. The summed E-state index contributed by atoms with van der Waals surface area (Å²) in [5.41, 5.74) is 5.94. The van der Waals surface area contributed by atoms with Crippen molar-refractivity contribution in [2.24, 2.45) is 11.7 Å². The van der Waals surface area contributed by atoms with Crippen LogP contribution in [0.5, 0.6) is 5.75 Å². The summed E-state index contributed by atoms with van der Waals surface area (Å²) in [7, 11) is 0. The summed E-state index contributed by atoms with van der Waals surface area (Å²) in [5, 5.41) is 0.707. The third-order valence-electron chi connectivity index (χ3n) is 3.61. The van der Waals surface area contributed by atoms with Crippen molar-refractivity contribution in [3.05, 3.63) is 27.7 Å². The topological polar surface area (TPSA) is 38.5 Å². The molecule has 3 nitrogen and oxygen atoms in total. The Kier molecular flexibility index (Phi) is 7.62. The molecule has 1 aliphatic rings. The number of benzene rings is 1. The molecule has 2 unspecified atom stereocenters. The van der Waals surface area contributed by atoms with Crippen molar-refractivity contribution in [1.82, 2.24) is 4.90 Å². The second-order valence-electron chi connectivity index (χ2n) is 5.13. The van der Waals surface area contributed by atoms with Gasteiger partial charge in [-0.3, -0.25) is 4.90 Å². The van der Waals surface area contributed by atoms with E-state index in [0.717, 1.165) is 29.9 Å². The molecule has 0 aliphatic carbocycles. The van der Waals surface area contributed by atoms with Crippen molar-refractivity contribution < 1.29 is 4.74 Å². The van der Waals surface area contributed by atoms with Crippen LogP contribution in [0.2, 0.25) is 5.02 Å². The van der Waals surface area contributed by atoms with Crippen LogP contribution in [-0.2, 0) is 0 Å². The van der Waals surface area contributed by atoms with Gasteiger partial charge in [0.25, 0.3) is 0 Å². The van der Waals surface area contributed by atoms with Crippen molar-refractivity contribution in [2.75, 3.05) is 26.2 Å². The lowest BCUT2D eigenvalue weighted by molar-refractivity contribution is 0.230. The predicted octanol–water partition coefficient (Wildman–Crippen LogP) is 3.57. The van der Waals surface area contributed by atoms with Gasteiger partial charge in [0.2, 0.25) is 0 Å². The van der Waals surface area contributed by atoms with Gasteiger partial charge in [-0.2, -0.15) is 0 Å². The minimum absolute atomic E-state index is 0. The fourth-order valence-electron chi connectivity index (χ4n) is 2.37. The SMILES string of the molecule is CC(N)C1CCN(CCOc2ccc(Cl)cc2Br)C1.Cl. The van der Waals surface area contributed by atoms with Crippen molar-refractivity contribution in [1.29, 1.82) is 0 Å². The predicted molar refractivity (Wildman–Crippen MR) is 90.1 cm³/mol. The van der Waals surface area contributed by atoms with Crippen LogP contribution in [0, 0.1) is 5.92 Å². The number of nitrogens with zero attached hydrogens (tertiary/aromatic N) is 1. The molecule has 1 saturated heterocycles. The van der Waals surface area contributed by atoms with Gasteiger partial charge in [-0.25, -0.2) is 0 Å². The normalized spacial score (nSPS) is 20.5. The summed E-state index contributed by atoms with van der Waals surface area (Å²) in [6.45, 7) is 5.93. The number of rotatable bonds is 5. The molecule has 6 heteroatoms. The highest BCUT2D eigenvalue weighted by Gasteiger charge is 2.24. The molecular weight excluding hydrogens is 363 g/mol. The van der Waals surface area contributed by atoms with E-state index >= 15 is 0 Å². The van der Waals surface area contributed by atoms with E-state index in [0.29, 0.717) is 17.5 Å². The van der Waals surface area contributed by atoms with Crippen LogP contribution in [0.4, 0.5) is 0 Å². The van der Waals surface area contributed by atoms with Crippen LogP contribution < -0.4 is 10.5 Å². The summed E-state index contributed by atoms with van der Waals surface area (Å²) < 4.78 is 6.67. The van der Waals surface area contributed by atoms with Gasteiger partial charge in [-0.15, -0.1) is 12.4 Å². The van der Waals surface area contributed by atoms with Crippen LogP contribution in [0.1, 0.15) is 13.3 Å². The average molecular weight is 384 g/mol.